The predicted molar refractivity (Wildman–Crippen MR) is 48.9 cm³/mol. The fraction of sp³-hybridized carbons (Fsp3) is 0.333. The predicted octanol–water partition coefficient (Wildman–Crippen LogP) is 0.844. The second kappa shape index (κ2) is 2.42. The molecule has 5 heteroatoms. The van der Waals surface area contributed by atoms with E-state index in [9.17, 15) is 8.42 Å². The second-order valence-electron chi connectivity index (χ2n) is 3.51. The highest BCUT2D eigenvalue weighted by atomic mass is 32.2. The SMILES string of the molecule is O=S1(=O)Cc2cc3c(cc2C1)OCO3. The molecule has 1 aromatic rings. The van der Waals surface area contributed by atoms with Gasteiger partial charge in [-0.05, 0) is 23.3 Å². The van der Waals surface area contributed by atoms with E-state index in [1.54, 1.807) is 12.1 Å². The van der Waals surface area contributed by atoms with E-state index in [4.69, 9.17) is 9.47 Å². The van der Waals surface area contributed by atoms with Crippen molar-refractivity contribution in [3.63, 3.8) is 0 Å². The van der Waals surface area contributed by atoms with Gasteiger partial charge in [0.1, 0.15) is 0 Å². The van der Waals surface area contributed by atoms with Gasteiger partial charge in [-0.2, -0.15) is 0 Å². The van der Waals surface area contributed by atoms with Gasteiger partial charge in [0.05, 0.1) is 11.5 Å². The maximum atomic E-state index is 11.3. The van der Waals surface area contributed by atoms with Crippen LogP contribution in [0.4, 0.5) is 0 Å². The number of fused-ring (bicyclic) bond motifs is 2. The first-order chi connectivity index (χ1) is 6.64. The Morgan fingerprint density at radius 3 is 2.00 bits per heavy atom. The summed E-state index contributed by atoms with van der Waals surface area (Å²) in [5.41, 5.74) is 1.68. The summed E-state index contributed by atoms with van der Waals surface area (Å²) in [7, 11) is -2.93. The largest absolute Gasteiger partial charge is 0.454 e. The molecular weight excluding hydrogens is 204 g/mol. The first-order valence-corrected chi connectivity index (χ1v) is 6.08. The summed E-state index contributed by atoms with van der Waals surface area (Å²) in [5, 5.41) is 0. The first-order valence-electron chi connectivity index (χ1n) is 4.26. The minimum Gasteiger partial charge on any atom is -0.454 e. The van der Waals surface area contributed by atoms with Crippen molar-refractivity contribution in [3.05, 3.63) is 23.3 Å². The lowest BCUT2D eigenvalue weighted by Gasteiger charge is -1.99. The quantitative estimate of drug-likeness (QED) is 0.639. The summed E-state index contributed by atoms with van der Waals surface area (Å²) < 4.78 is 33.0. The highest BCUT2D eigenvalue weighted by Gasteiger charge is 2.28. The summed E-state index contributed by atoms with van der Waals surface area (Å²) >= 11 is 0. The van der Waals surface area contributed by atoms with Crippen molar-refractivity contribution in [1.29, 1.82) is 0 Å². The molecule has 2 heterocycles. The van der Waals surface area contributed by atoms with Crippen LogP contribution in [0.2, 0.25) is 0 Å². The number of hydrogen-bond donors (Lipinski definition) is 0. The van der Waals surface area contributed by atoms with Crippen molar-refractivity contribution in [3.8, 4) is 11.5 Å². The van der Waals surface area contributed by atoms with Gasteiger partial charge in [-0.3, -0.25) is 0 Å². The summed E-state index contributed by atoms with van der Waals surface area (Å²) in [5.74, 6) is 1.56. The molecule has 1 aromatic carbocycles. The molecule has 0 saturated heterocycles. The molecule has 0 spiro atoms. The van der Waals surface area contributed by atoms with Crippen LogP contribution >= 0.6 is 0 Å². The van der Waals surface area contributed by atoms with Crippen LogP contribution < -0.4 is 9.47 Å². The van der Waals surface area contributed by atoms with E-state index < -0.39 is 9.84 Å². The van der Waals surface area contributed by atoms with Crippen molar-refractivity contribution in [2.75, 3.05) is 6.79 Å². The van der Waals surface area contributed by atoms with Crippen molar-refractivity contribution < 1.29 is 17.9 Å². The lowest BCUT2D eigenvalue weighted by Crippen LogP contribution is -1.96. The van der Waals surface area contributed by atoms with Gasteiger partial charge >= 0.3 is 0 Å². The molecule has 0 aromatic heterocycles. The molecule has 0 fully saturated rings. The zero-order valence-electron chi connectivity index (χ0n) is 7.32. The maximum absolute atomic E-state index is 11.3. The zero-order valence-corrected chi connectivity index (χ0v) is 8.13. The van der Waals surface area contributed by atoms with E-state index >= 15 is 0 Å². The van der Waals surface area contributed by atoms with Crippen LogP contribution in [0.5, 0.6) is 11.5 Å². The molecule has 0 atom stereocenters. The second-order valence-corrected chi connectivity index (χ2v) is 5.57. The van der Waals surface area contributed by atoms with Crippen LogP contribution in [0.25, 0.3) is 0 Å². The number of hydrogen-bond acceptors (Lipinski definition) is 4. The lowest BCUT2D eigenvalue weighted by atomic mass is 10.1. The van der Waals surface area contributed by atoms with Crippen LogP contribution in [0, 0.1) is 0 Å². The van der Waals surface area contributed by atoms with Crippen LogP contribution in [0.1, 0.15) is 11.1 Å². The Morgan fingerprint density at radius 2 is 1.50 bits per heavy atom. The molecule has 0 radical (unpaired) electrons. The molecule has 0 unspecified atom stereocenters. The third kappa shape index (κ3) is 1.09. The van der Waals surface area contributed by atoms with Crippen molar-refractivity contribution in [2.45, 2.75) is 11.5 Å². The molecular formula is C9H8O4S. The standard InChI is InChI=1S/C9H8O4S/c10-14(11)3-6-1-8-9(13-5-12-8)2-7(6)4-14/h1-2H,3-5H2. The van der Waals surface area contributed by atoms with E-state index in [1.807, 2.05) is 0 Å². The van der Waals surface area contributed by atoms with Crippen molar-refractivity contribution >= 4 is 9.84 Å². The summed E-state index contributed by atoms with van der Waals surface area (Å²) in [4.78, 5) is 0. The highest BCUT2D eigenvalue weighted by molar-refractivity contribution is 7.90. The van der Waals surface area contributed by atoms with Gasteiger partial charge in [0, 0.05) is 0 Å². The summed E-state index contributed by atoms with van der Waals surface area (Å²) in [6.07, 6.45) is 0. The van der Waals surface area contributed by atoms with Crippen molar-refractivity contribution in [1.82, 2.24) is 0 Å². The van der Waals surface area contributed by atoms with E-state index in [2.05, 4.69) is 0 Å². The van der Waals surface area contributed by atoms with E-state index in [0.29, 0.717) is 11.5 Å². The molecule has 4 nitrogen and oxygen atoms in total. The molecule has 74 valence electrons. The third-order valence-corrected chi connectivity index (χ3v) is 3.95. The fourth-order valence-electron chi connectivity index (χ4n) is 1.82. The van der Waals surface area contributed by atoms with Crippen LogP contribution in [0.3, 0.4) is 0 Å². The Labute approximate surface area is 81.4 Å². The topological polar surface area (TPSA) is 52.6 Å². The zero-order chi connectivity index (χ0) is 9.76. The third-order valence-electron chi connectivity index (χ3n) is 2.45. The normalized spacial score (nSPS) is 20.9. The van der Waals surface area contributed by atoms with Crippen LogP contribution in [-0.2, 0) is 21.3 Å². The van der Waals surface area contributed by atoms with E-state index in [0.717, 1.165) is 11.1 Å². The smallest absolute Gasteiger partial charge is 0.231 e. The Balaban J connectivity index is 2.17. The lowest BCUT2D eigenvalue weighted by molar-refractivity contribution is 0.174. The number of rotatable bonds is 0. The number of ether oxygens (including phenoxy) is 2. The minimum atomic E-state index is -2.93. The molecule has 2 aliphatic rings. The monoisotopic (exact) mass is 212 g/mol. The molecule has 2 aliphatic heterocycles. The molecule has 0 saturated carbocycles. The Morgan fingerprint density at radius 1 is 1.00 bits per heavy atom. The Bertz CT molecular complexity index is 465. The molecule has 0 amide bonds. The Hall–Kier alpha value is -1.23. The molecule has 0 bridgehead atoms. The van der Waals surface area contributed by atoms with Crippen LogP contribution in [-0.4, -0.2) is 15.2 Å². The molecule has 0 aliphatic carbocycles. The average molecular weight is 212 g/mol. The van der Waals surface area contributed by atoms with Gasteiger partial charge in [-0.25, -0.2) is 8.42 Å². The molecule has 14 heavy (non-hydrogen) atoms. The van der Waals surface area contributed by atoms with Gasteiger partial charge < -0.3 is 9.47 Å². The summed E-state index contributed by atoms with van der Waals surface area (Å²) in [6.45, 7) is 0.227. The van der Waals surface area contributed by atoms with Gasteiger partial charge in [0.2, 0.25) is 6.79 Å². The number of sulfone groups is 1. The van der Waals surface area contributed by atoms with Gasteiger partial charge in [-0.1, -0.05) is 0 Å². The van der Waals surface area contributed by atoms with Gasteiger partial charge in [-0.15, -0.1) is 0 Å². The number of benzene rings is 1. The van der Waals surface area contributed by atoms with E-state index in [-0.39, 0.29) is 18.3 Å². The Kier molecular flexibility index (Phi) is 1.40. The average Bonchev–Trinajstić information content (AvgIpc) is 2.59. The van der Waals surface area contributed by atoms with Gasteiger partial charge in [0.15, 0.2) is 21.3 Å². The van der Waals surface area contributed by atoms with Gasteiger partial charge in [0.25, 0.3) is 0 Å². The molecule has 0 N–H and O–H groups in total. The van der Waals surface area contributed by atoms with Crippen LogP contribution in [0.15, 0.2) is 12.1 Å². The van der Waals surface area contributed by atoms with Crippen molar-refractivity contribution in [2.24, 2.45) is 0 Å². The molecule has 3 rings (SSSR count). The summed E-state index contributed by atoms with van der Waals surface area (Å²) in [6, 6.07) is 3.53. The first kappa shape index (κ1) is 8.11. The fourth-order valence-corrected chi connectivity index (χ4v) is 3.41. The maximum Gasteiger partial charge on any atom is 0.231 e. The minimum absolute atomic E-state index is 0.124. The highest BCUT2D eigenvalue weighted by Crippen LogP contribution is 2.38. The van der Waals surface area contributed by atoms with E-state index in [1.165, 1.54) is 0 Å².